The Morgan fingerprint density at radius 1 is 1.43 bits per heavy atom. The van der Waals surface area contributed by atoms with Gasteiger partial charge in [-0.3, -0.25) is 9.69 Å². The van der Waals surface area contributed by atoms with Gasteiger partial charge in [0, 0.05) is 17.1 Å². The number of hydrogen-bond donors (Lipinski definition) is 1. The molecule has 1 N–H and O–H groups in total. The first-order chi connectivity index (χ1) is 10.0. The highest BCUT2D eigenvalue weighted by atomic mass is 35.5. The van der Waals surface area contributed by atoms with Crippen molar-refractivity contribution in [2.75, 3.05) is 13.2 Å². The highest BCUT2D eigenvalue weighted by Gasteiger charge is 2.30. The van der Waals surface area contributed by atoms with E-state index in [9.17, 15) is 9.90 Å². The van der Waals surface area contributed by atoms with Crippen LogP contribution in [-0.4, -0.2) is 35.2 Å². The molecule has 6 heteroatoms. The summed E-state index contributed by atoms with van der Waals surface area (Å²) >= 11 is 11.9. The Balaban J connectivity index is 2.17. The largest absolute Gasteiger partial charge is 0.506 e. The zero-order chi connectivity index (χ0) is 15.4. The summed E-state index contributed by atoms with van der Waals surface area (Å²) in [5.41, 5.74) is 0.628. The number of esters is 1. The summed E-state index contributed by atoms with van der Waals surface area (Å²) < 4.78 is 5.13. The second-order valence-corrected chi connectivity index (χ2v) is 5.97. The molecule has 0 amide bonds. The summed E-state index contributed by atoms with van der Waals surface area (Å²) in [7, 11) is 0. The number of aromatic hydroxyl groups is 1. The number of phenols is 1. The number of carbonyl (C=O) groups excluding carboxylic acids is 1. The van der Waals surface area contributed by atoms with E-state index in [1.165, 1.54) is 6.07 Å². The van der Waals surface area contributed by atoms with E-state index in [2.05, 4.69) is 0 Å². The maximum absolute atomic E-state index is 12.0. The third kappa shape index (κ3) is 4.02. The molecule has 0 spiro atoms. The highest BCUT2D eigenvalue weighted by molar-refractivity contribution is 6.35. The van der Waals surface area contributed by atoms with E-state index >= 15 is 0 Å². The summed E-state index contributed by atoms with van der Waals surface area (Å²) in [4.78, 5) is 14.1. The van der Waals surface area contributed by atoms with Crippen molar-refractivity contribution >= 4 is 29.2 Å². The number of benzene rings is 1. The molecule has 1 saturated heterocycles. The Labute approximate surface area is 134 Å². The molecular formula is C15H19Cl2NO3. The van der Waals surface area contributed by atoms with Crippen LogP contribution < -0.4 is 0 Å². The number of nitrogens with zero attached hydrogens (tertiary/aromatic N) is 1. The second kappa shape index (κ2) is 7.34. The fraction of sp³-hybridized carbons (Fsp3) is 0.533. The molecule has 1 fully saturated rings. The van der Waals surface area contributed by atoms with E-state index in [1.807, 2.05) is 4.90 Å². The molecular weight excluding hydrogens is 313 g/mol. The molecule has 1 aliphatic rings. The summed E-state index contributed by atoms with van der Waals surface area (Å²) in [6, 6.07) is 2.91. The highest BCUT2D eigenvalue weighted by Crippen LogP contribution is 2.33. The Bertz CT molecular complexity index is 522. The average Bonchev–Trinajstić information content (AvgIpc) is 2.45. The quantitative estimate of drug-likeness (QED) is 0.856. The summed E-state index contributed by atoms with van der Waals surface area (Å²) in [6.45, 7) is 3.38. The maximum atomic E-state index is 12.0. The molecule has 1 aromatic carbocycles. The summed E-state index contributed by atoms with van der Waals surface area (Å²) in [6.07, 6.45) is 2.79. The first kappa shape index (κ1) is 16.4. The zero-order valence-corrected chi connectivity index (χ0v) is 13.5. The fourth-order valence-corrected chi connectivity index (χ4v) is 3.18. The van der Waals surface area contributed by atoms with Gasteiger partial charge in [0.05, 0.1) is 11.6 Å². The third-order valence-electron chi connectivity index (χ3n) is 3.65. The molecule has 0 aromatic heterocycles. The molecule has 1 atom stereocenters. The van der Waals surface area contributed by atoms with Crippen molar-refractivity contribution in [3.05, 3.63) is 27.7 Å². The maximum Gasteiger partial charge on any atom is 0.323 e. The average molecular weight is 332 g/mol. The molecule has 1 heterocycles. The molecule has 4 nitrogen and oxygen atoms in total. The van der Waals surface area contributed by atoms with Gasteiger partial charge in [0.25, 0.3) is 0 Å². The van der Waals surface area contributed by atoms with E-state index in [0.717, 1.165) is 25.8 Å². The van der Waals surface area contributed by atoms with E-state index in [1.54, 1.807) is 13.0 Å². The molecule has 0 bridgehead atoms. The van der Waals surface area contributed by atoms with Gasteiger partial charge >= 0.3 is 5.97 Å². The van der Waals surface area contributed by atoms with Gasteiger partial charge in [-0.05, 0) is 38.4 Å². The molecule has 0 unspecified atom stereocenters. The Kier molecular flexibility index (Phi) is 5.73. The van der Waals surface area contributed by atoms with Crippen molar-refractivity contribution in [3.8, 4) is 5.75 Å². The predicted molar refractivity (Wildman–Crippen MR) is 82.8 cm³/mol. The normalized spacial score (nSPS) is 19.5. The lowest BCUT2D eigenvalue weighted by molar-refractivity contribution is -0.151. The van der Waals surface area contributed by atoms with Crippen molar-refractivity contribution in [3.63, 3.8) is 0 Å². The molecule has 0 radical (unpaired) electrons. The first-order valence-corrected chi connectivity index (χ1v) is 7.86. The minimum absolute atomic E-state index is 0.0225. The Morgan fingerprint density at radius 3 is 2.90 bits per heavy atom. The molecule has 2 rings (SSSR count). The minimum atomic E-state index is -0.268. The van der Waals surface area contributed by atoms with Crippen molar-refractivity contribution in [1.82, 2.24) is 4.90 Å². The van der Waals surface area contributed by atoms with Crippen molar-refractivity contribution in [2.45, 2.75) is 38.8 Å². The van der Waals surface area contributed by atoms with Crippen LogP contribution in [0.25, 0.3) is 0 Å². The number of rotatable bonds is 4. The zero-order valence-electron chi connectivity index (χ0n) is 11.9. The minimum Gasteiger partial charge on any atom is -0.506 e. The van der Waals surface area contributed by atoms with E-state index in [0.29, 0.717) is 23.7 Å². The molecule has 1 aliphatic heterocycles. The molecule has 116 valence electrons. The van der Waals surface area contributed by atoms with Crippen LogP contribution >= 0.6 is 23.2 Å². The summed E-state index contributed by atoms with van der Waals surface area (Å²) in [5, 5.41) is 10.7. The van der Waals surface area contributed by atoms with E-state index in [4.69, 9.17) is 27.9 Å². The number of carbonyl (C=O) groups is 1. The van der Waals surface area contributed by atoms with Gasteiger partial charge in [0.2, 0.25) is 0 Å². The smallest absolute Gasteiger partial charge is 0.323 e. The lowest BCUT2D eigenvalue weighted by Crippen LogP contribution is -2.44. The molecule has 0 saturated carbocycles. The van der Waals surface area contributed by atoms with Gasteiger partial charge in [-0.2, -0.15) is 0 Å². The topological polar surface area (TPSA) is 49.8 Å². The monoisotopic (exact) mass is 331 g/mol. The van der Waals surface area contributed by atoms with Crippen LogP contribution in [0.3, 0.4) is 0 Å². The number of hydrogen-bond acceptors (Lipinski definition) is 4. The number of phenolic OH excluding ortho intramolecular Hbond substituents is 1. The number of ether oxygens (including phenoxy) is 1. The van der Waals surface area contributed by atoms with Gasteiger partial charge in [-0.25, -0.2) is 0 Å². The second-order valence-electron chi connectivity index (χ2n) is 5.13. The van der Waals surface area contributed by atoms with Crippen LogP contribution in [-0.2, 0) is 16.1 Å². The Hall–Kier alpha value is -0.970. The van der Waals surface area contributed by atoms with Gasteiger partial charge in [-0.1, -0.05) is 29.6 Å². The number of likely N-dealkylation sites (tertiary alicyclic amines) is 1. The van der Waals surface area contributed by atoms with Crippen LogP contribution in [0.4, 0.5) is 0 Å². The summed E-state index contributed by atoms with van der Waals surface area (Å²) in [5.74, 6) is -0.181. The SMILES string of the molecule is CCOC(=O)[C@@H]1CCCCN1Cc1cc(Cl)cc(Cl)c1O. The number of piperidine rings is 1. The number of halogens is 2. The molecule has 1 aromatic rings. The molecule has 21 heavy (non-hydrogen) atoms. The lowest BCUT2D eigenvalue weighted by atomic mass is 10.0. The van der Waals surface area contributed by atoms with Crippen LogP contribution in [0.5, 0.6) is 5.75 Å². The van der Waals surface area contributed by atoms with Crippen molar-refractivity contribution in [1.29, 1.82) is 0 Å². The van der Waals surface area contributed by atoms with Gasteiger partial charge < -0.3 is 9.84 Å². The standard InChI is InChI=1S/C15H19Cl2NO3/c1-2-21-15(20)13-5-3-4-6-18(13)9-10-7-11(16)8-12(17)14(10)19/h7-8,13,19H,2-6,9H2,1H3/t13-/m0/s1. The molecule has 0 aliphatic carbocycles. The van der Waals surface area contributed by atoms with Crippen LogP contribution in [0.1, 0.15) is 31.7 Å². The van der Waals surface area contributed by atoms with Crippen LogP contribution in [0.15, 0.2) is 12.1 Å². The lowest BCUT2D eigenvalue weighted by Gasteiger charge is -2.34. The van der Waals surface area contributed by atoms with Gasteiger partial charge in [0.1, 0.15) is 11.8 Å². The van der Waals surface area contributed by atoms with Crippen molar-refractivity contribution < 1.29 is 14.6 Å². The van der Waals surface area contributed by atoms with Gasteiger partial charge in [0.15, 0.2) is 0 Å². The van der Waals surface area contributed by atoms with Crippen molar-refractivity contribution in [2.24, 2.45) is 0 Å². The van der Waals surface area contributed by atoms with Crippen LogP contribution in [0, 0.1) is 0 Å². The van der Waals surface area contributed by atoms with Crippen LogP contribution in [0.2, 0.25) is 10.0 Å². The van der Waals surface area contributed by atoms with Gasteiger partial charge in [-0.15, -0.1) is 0 Å². The Morgan fingerprint density at radius 2 is 2.19 bits per heavy atom. The van der Waals surface area contributed by atoms with E-state index in [-0.39, 0.29) is 22.8 Å². The third-order valence-corrected chi connectivity index (χ3v) is 4.16. The first-order valence-electron chi connectivity index (χ1n) is 7.10. The van der Waals surface area contributed by atoms with E-state index < -0.39 is 0 Å². The predicted octanol–water partition coefficient (Wildman–Crippen LogP) is 3.62. The fourth-order valence-electron chi connectivity index (χ4n) is 2.64.